The maximum atomic E-state index is 12.3. The first-order valence-corrected chi connectivity index (χ1v) is 12.9. The van der Waals surface area contributed by atoms with Gasteiger partial charge in [0.05, 0.1) is 36.8 Å². The van der Waals surface area contributed by atoms with Crippen LogP contribution in [0.4, 0.5) is 28.7 Å². The summed E-state index contributed by atoms with van der Waals surface area (Å²) >= 11 is 0. The number of nitrogens with zero attached hydrogens (tertiary/aromatic N) is 5. The zero-order valence-corrected chi connectivity index (χ0v) is 23.3. The molecule has 0 aliphatic carbocycles. The minimum absolute atomic E-state index is 0.0386. The van der Waals surface area contributed by atoms with Crippen molar-refractivity contribution in [1.29, 1.82) is 0 Å². The summed E-state index contributed by atoms with van der Waals surface area (Å²) in [5, 5.41) is 8.02. The van der Waals surface area contributed by atoms with Crippen LogP contribution in [0.15, 0.2) is 61.4 Å². The highest BCUT2D eigenvalue weighted by molar-refractivity contribution is 6.02. The lowest BCUT2D eigenvalue weighted by Gasteiger charge is -2.26. The van der Waals surface area contributed by atoms with Gasteiger partial charge in [0.2, 0.25) is 5.91 Å². The molecule has 1 atom stereocenters. The molecule has 2 aromatic carbocycles. The first kappa shape index (κ1) is 28.4. The number of methoxy groups -OCH3 is 1. The molecule has 2 heterocycles. The zero-order chi connectivity index (χ0) is 28.6. The Labute approximate surface area is 235 Å². The molecule has 1 fully saturated rings. The summed E-state index contributed by atoms with van der Waals surface area (Å²) in [6.45, 7) is 5.72. The summed E-state index contributed by atoms with van der Waals surface area (Å²) in [5.41, 5.74) is 3.92. The minimum Gasteiger partial charge on any atom is -0.494 e. The number of ether oxygens (including phenoxy) is 1. The van der Waals surface area contributed by atoms with Crippen LogP contribution in [0.25, 0.3) is 0 Å². The van der Waals surface area contributed by atoms with Gasteiger partial charge >= 0.3 is 0 Å². The molecule has 1 saturated heterocycles. The molecule has 1 aliphatic rings. The van der Waals surface area contributed by atoms with Crippen molar-refractivity contribution in [3.63, 3.8) is 0 Å². The lowest BCUT2D eigenvalue weighted by molar-refractivity contribution is -0.111. The second kappa shape index (κ2) is 13.0. The molecule has 1 aromatic heterocycles. The standard InChI is InChI=1S/C30H35N7O3/c1-7-21-10-9-11-22(16-21)25-12-15-40-37(25)29-19-28(31-20-32-29)33-24-17-23(34-30(38)8-2)26(18-27(24)39-6)36(5)14-13-35(3)4/h1,8-11,16-20,25H,2,12-15H2,3-6H3,(H,34,38)(H,31,32,33)/t25-/m1/s1. The van der Waals surface area contributed by atoms with Crippen LogP contribution in [0.5, 0.6) is 5.75 Å². The first-order valence-electron chi connectivity index (χ1n) is 12.9. The van der Waals surface area contributed by atoms with E-state index in [0.29, 0.717) is 35.4 Å². The van der Waals surface area contributed by atoms with Crippen LogP contribution in [0, 0.1) is 12.3 Å². The Bertz CT molecular complexity index is 1400. The molecule has 208 valence electrons. The normalized spacial score (nSPS) is 14.5. The number of hydrogen-bond acceptors (Lipinski definition) is 9. The van der Waals surface area contributed by atoms with E-state index in [-0.39, 0.29) is 11.9 Å². The molecule has 0 radical (unpaired) electrons. The molecule has 3 aromatic rings. The van der Waals surface area contributed by atoms with Crippen molar-refractivity contribution in [2.24, 2.45) is 0 Å². The molecular formula is C30H35N7O3. The van der Waals surface area contributed by atoms with Crippen LogP contribution in [0.3, 0.4) is 0 Å². The Morgan fingerprint density at radius 3 is 2.77 bits per heavy atom. The molecule has 1 aliphatic heterocycles. The quantitative estimate of drug-likeness (QED) is 0.273. The highest BCUT2D eigenvalue weighted by Crippen LogP contribution is 2.39. The number of likely N-dealkylation sites (N-methyl/N-ethyl adjacent to an activating group) is 2. The fraction of sp³-hybridized carbons (Fsp3) is 0.300. The van der Waals surface area contributed by atoms with Gasteiger partial charge in [-0.2, -0.15) is 0 Å². The maximum Gasteiger partial charge on any atom is 0.247 e. The maximum absolute atomic E-state index is 12.3. The van der Waals surface area contributed by atoms with Crippen molar-refractivity contribution < 1.29 is 14.4 Å². The number of amides is 1. The third-order valence-electron chi connectivity index (χ3n) is 6.54. The molecule has 0 saturated carbocycles. The molecule has 4 rings (SSSR count). The second-order valence-electron chi connectivity index (χ2n) is 9.61. The van der Waals surface area contributed by atoms with Gasteiger partial charge < -0.3 is 25.2 Å². The summed E-state index contributed by atoms with van der Waals surface area (Å²) in [7, 11) is 7.60. The third-order valence-corrected chi connectivity index (χ3v) is 6.54. The van der Waals surface area contributed by atoms with E-state index < -0.39 is 0 Å². The van der Waals surface area contributed by atoms with Crippen molar-refractivity contribution in [2.75, 3.05) is 68.5 Å². The lowest BCUT2D eigenvalue weighted by Crippen LogP contribution is -2.29. The number of benzene rings is 2. The molecular weight excluding hydrogens is 506 g/mol. The largest absolute Gasteiger partial charge is 0.494 e. The van der Waals surface area contributed by atoms with E-state index in [1.165, 1.54) is 12.4 Å². The van der Waals surface area contributed by atoms with Gasteiger partial charge in [-0.3, -0.25) is 9.63 Å². The van der Waals surface area contributed by atoms with E-state index in [1.807, 2.05) is 63.6 Å². The molecule has 0 spiro atoms. The van der Waals surface area contributed by atoms with Gasteiger partial charge in [0, 0.05) is 44.3 Å². The molecule has 40 heavy (non-hydrogen) atoms. The number of anilines is 5. The number of nitrogens with one attached hydrogen (secondary N) is 2. The van der Waals surface area contributed by atoms with E-state index >= 15 is 0 Å². The molecule has 10 heteroatoms. The van der Waals surface area contributed by atoms with Gasteiger partial charge in [-0.15, -0.1) is 6.42 Å². The van der Waals surface area contributed by atoms with Crippen molar-refractivity contribution in [3.05, 3.63) is 72.6 Å². The van der Waals surface area contributed by atoms with Crippen molar-refractivity contribution in [2.45, 2.75) is 12.5 Å². The van der Waals surface area contributed by atoms with Gasteiger partial charge in [-0.1, -0.05) is 24.6 Å². The van der Waals surface area contributed by atoms with E-state index in [2.05, 4.69) is 42.9 Å². The number of rotatable bonds is 11. The first-order chi connectivity index (χ1) is 19.3. The smallest absolute Gasteiger partial charge is 0.247 e. The monoisotopic (exact) mass is 541 g/mol. The molecule has 1 amide bonds. The van der Waals surface area contributed by atoms with Gasteiger partial charge in [0.1, 0.15) is 17.9 Å². The van der Waals surface area contributed by atoms with Crippen LogP contribution in [-0.4, -0.2) is 68.7 Å². The van der Waals surface area contributed by atoms with Crippen LogP contribution in [0.2, 0.25) is 0 Å². The number of aromatic nitrogens is 2. The van der Waals surface area contributed by atoms with Crippen LogP contribution >= 0.6 is 0 Å². The van der Waals surface area contributed by atoms with Crippen molar-refractivity contribution >= 4 is 34.6 Å². The van der Waals surface area contributed by atoms with E-state index in [9.17, 15) is 4.79 Å². The highest BCUT2D eigenvalue weighted by Gasteiger charge is 2.29. The van der Waals surface area contributed by atoms with E-state index in [4.69, 9.17) is 16.0 Å². The molecule has 0 unspecified atom stereocenters. The van der Waals surface area contributed by atoms with Crippen molar-refractivity contribution in [1.82, 2.24) is 14.9 Å². The second-order valence-corrected chi connectivity index (χ2v) is 9.61. The van der Waals surface area contributed by atoms with Crippen LogP contribution in [-0.2, 0) is 9.63 Å². The number of hydroxylamine groups is 1. The topological polar surface area (TPSA) is 95.1 Å². The predicted octanol–water partition coefficient (Wildman–Crippen LogP) is 4.22. The highest BCUT2D eigenvalue weighted by atomic mass is 16.7. The Kier molecular flexibility index (Phi) is 9.22. The van der Waals surface area contributed by atoms with Crippen molar-refractivity contribution in [3.8, 4) is 18.1 Å². The summed E-state index contributed by atoms with van der Waals surface area (Å²) in [6.07, 6.45) is 9.12. The Hall–Kier alpha value is -4.59. The Balaban J connectivity index is 1.64. The fourth-order valence-electron chi connectivity index (χ4n) is 4.41. The zero-order valence-electron chi connectivity index (χ0n) is 23.3. The average molecular weight is 542 g/mol. The van der Waals surface area contributed by atoms with Gasteiger partial charge in [0.15, 0.2) is 5.82 Å². The number of hydrogen-bond donors (Lipinski definition) is 2. The predicted molar refractivity (Wildman–Crippen MR) is 159 cm³/mol. The molecule has 2 N–H and O–H groups in total. The molecule has 0 bridgehead atoms. The Morgan fingerprint density at radius 2 is 2.05 bits per heavy atom. The SMILES string of the molecule is C#Cc1cccc([C@H]2CCON2c2cc(Nc3cc(NC(=O)C=C)c(N(C)CCN(C)C)cc3OC)ncn2)c1. The fourth-order valence-corrected chi connectivity index (χ4v) is 4.41. The minimum atomic E-state index is -0.311. The number of terminal acetylenes is 1. The number of carbonyl (C=O) groups is 1. The van der Waals surface area contributed by atoms with Gasteiger partial charge in [-0.05, 0) is 43.9 Å². The van der Waals surface area contributed by atoms with Gasteiger partial charge in [-0.25, -0.2) is 15.0 Å². The average Bonchev–Trinajstić information content (AvgIpc) is 3.46. The Morgan fingerprint density at radius 1 is 1.23 bits per heavy atom. The van der Waals surface area contributed by atoms with E-state index in [0.717, 1.165) is 36.3 Å². The summed E-state index contributed by atoms with van der Waals surface area (Å²) in [5.74, 6) is 4.10. The van der Waals surface area contributed by atoms with Gasteiger partial charge in [0.25, 0.3) is 0 Å². The third kappa shape index (κ3) is 6.69. The molecule has 10 nitrogen and oxygen atoms in total. The lowest BCUT2D eigenvalue weighted by atomic mass is 10.0. The van der Waals surface area contributed by atoms with E-state index in [1.54, 1.807) is 12.2 Å². The number of carbonyl (C=O) groups excluding carboxylic acids is 1. The van der Waals surface area contributed by atoms with Crippen LogP contribution < -0.4 is 25.3 Å². The summed E-state index contributed by atoms with van der Waals surface area (Å²) < 4.78 is 5.72. The summed E-state index contributed by atoms with van der Waals surface area (Å²) in [4.78, 5) is 31.3. The van der Waals surface area contributed by atoms with Crippen LogP contribution in [0.1, 0.15) is 23.6 Å². The summed E-state index contributed by atoms with van der Waals surface area (Å²) in [6, 6.07) is 13.4.